The highest BCUT2D eigenvalue weighted by Gasteiger charge is 2.46. The molecule has 3 aromatic carbocycles. The van der Waals surface area contributed by atoms with Crippen LogP contribution in [0.25, 0.3) is 0 Å². The molecule has 0 bridgehead atoms. The van der Waals surface area contributed by atoms with Gasteiger partial charge in [-0.05, 0) is 46.1 Å². The zero-order valence-corrected chi connectivity index (χ0v) is 26.1. The van der Waals surface area contributed by atoms with Crippen LogP contribution in [0.4, 0.5) is 0 Å². The van der Waals surface area contributed by atoms with Gasteiger partial charge in [0.1, 0.15) is 0 Å². The first-order chi connectivity index (χ1) is 20.2. The lowest BCUT2D eigenvalue weighted by molar-refractivity contribution is -0.147. The van der Waals surface area contributed by atoms with E-state index in [1.54, 1.807) is 6.92 Å². The molecular formula is C31H34Cl2N3O5P. The minimum atomic E-state index is -3.85. The molecule has 42 heavy (non-hydrogen) atoms. The fraction of sp³-hybridized carbons (Fsp3) is 0.290. The van der Waals surface area contributed by atoms with Gasteiger partial charge in [-0.3, -0.25) is 23.8 Å². The highest BCUT2D eigenvalue weighted by molar-refractivity contribution is 8.05. The van der Waals surface area contributed by atoms with Gasteiger partial charge in [-0.2, -0.15) is 0 Å². The predicted molar refractivity (Wildman–Crippen MR) is 167 cm³/mol. The second-order valence-corrected chi connectivity index (χ2v) is 13.9. The van der Waals surface area contributed by atoms with Gasteiger partial charge in [0.25, 0.3) is 5.56 Å². The van der Waals surface area contributed by atoms with E-state index in [0.717, 1.165) is 16.7 Å². The Bertz CT molecular complexity index is 1510. The third-order valence-electron chi connectivity index (χ3n) is 7.07. The van der Waals surface area contributed by atoms with Crippen LogP contribution in [0.15, 0.2) is 107 Å². The van der Waals surface area contributed by atoms with Crippen molar-refractivity contribution in [2.75, 3.05) is 19.7 Å². The van der Waals surface area contributed by atoms with Crippen molar-refractivity contribution < 1.29 is 13.8 Å². The number of benzene rings is 3. The fourth-order valence-electron chi connectivity index (χ4n) is 5.39. The zero-order chi connectivity index (χ0) is 30.3. The Morgan fingerprint density at radius 1 is 0.881 bits per heavy atom. The normalized spacial score (nSPS) is 17.7. The maximum Gasteiger partial charge on any atom is 0.380 e. The number of aromatic nitrogens is 2. The molecule has 1 aliphatic rings. The highest BCUT2D eigenvalue weighted by atomic mass is 35.9. The number of nitrogens with one attached hydrogen (secondary N) is 1. The number of halogens is 2. The third kappa shape index (κ3) is 6.97. The summed E-state index contributed by atoms with van der Waals surface area (Å²) in [4.78, 5) is 29.7. The Hall–Kier alpha value is -2.97. The van der Waals surface area contributed by atoms with Crippen molar-refractivity contribution in [1.29, 1.82) is 0 Å². The van der Waals surface area contributed by atoms with Gasteiger partial charge < -0.3 is 9.26 Å². The van der Waals surface area contributed by atoms with Crippen molar-refractivity contribution in [2.24, 2.45) is 0 Å². The molecule has 0 spiro atoms. The molecule has 0 radical (unpaired) electrons. The smallest absolute Gasteiger partial charge is 0.350 e. The summed E-state index contributed by atoms with van der Waals surface area (Å²) in [6.07, 6.45) is -3.88. The van der Waals surface area contributed by atoms with Gasteiger partial charge in [-0.1, -0.05) is 105 Å². The molecular weight excluding hydrogens is 596 g/mol. The molecule has 2 atom stereocenters. The van der Waals surface area contributed by atoms with E-state index in [-0.39, 0.29) is 13.2 Å². The lowest BCUT2D eigenvalue weighted by Gasteiger charge is -2.50. The van der Waals surface area contributed by atoms with E-state index in [2.05, 4.69) is 46.3 Å². The fourth-order valence-corrected chi connectivity index (χ4v) is 6.07. The quantitative estimate of drug-likeness (QED) is 0.173. The van der Waals surface area contributed by atoms with Gasteiger partial charge >= 0.3 is 11.8 Å². The number of H-pyrrole nitrogens is 1. The van der Waals surface area contributed by atoms with Crippen LogP contribution >= 0.6 is 28.6 Å². The maximum atomic E-state index is 13.0. The Balaban J connectivity index is 0.00000198. The van der Waals surface area contributed by atoms with E-state index in [4.69, 9.17) is 31.7 Å². The molecule has 0 saturated carbocycles. The lowest BCUT2D eigenvalue weighted by Crippen LogP contribution is -2.58. The summed E-state index contributed by atoms with van der Waals surface area (Å²) in [6, 6.07) is 30.2. The second-order valence-electron chi connectivity index (χ2n) is 9.62. The average Bonchev–Trinajstić information content (AvgIpc) is 3.01. The molecule has 2 heterocycles. The first-order valence-corrected chi connectivity index (χ1v) is 17.1. The topological polar surface area (TPSA) is 93.6 Å². The molecule has 8 nitrogen and oxygen atoms in total. The van der Waals surface area contributed by atoms with Crippen LogP contribution in [-0.2, 0) is 19.4 Å². The monoisotopic (exact) mass is 629 g/mol. The second kappa shape index (κ2) is 14.0. The molecule has 0 aliphatic carbocycles. The maximum absolute atomic E-state index is 13.0. The van der Waals surface area contributed by atoms with Crippen molar-refractivity contribution in [1.82, 2.24) is 14.5 Å². The van der Waals surface area contributed by atoms with Crippen LogP contribution in [-0.4, -0.2) is 40.3 Å². The van der Waals surface area contributed by atoms with Crippen LogP contribution in [0.1, 0.15) is 42.3 Å². The van der Waals surface area contributed by atoms with Crippen molar-refractivity contribution in [3.05, 3.63) is 140 Å². The summed E-state index contributed by atoms with van der Waals surface area (Å²) in [5, 5.41) is 0. The molecule has 11 heteroatoms. The molecule has 222 valence electrons. The van der Waals surface area contributed by atoms with Crippen LogP contribution in [0, 0.1) is 6.92 Å². The Morgan fingerprint density at radius 2 is 1.36 bits per heavy atom. The molecule has 1 aromatic heterocycles. The number of ether oxygens (including phenoxy) is 1. The molecule has 2 unspecified atom stereocenters. The van der Waals surface area contributed by atoms with Gasteiger partial charge in [-0.15, -0.1) is 0 Å². The van der Waals surface area contributed by atoms with E-state index < -0.39 is 35.2 Å². The summed E-state index contributed by atoms with van der Waals surface area (Å²) < 4.78 is 25.0. The minimum Gasteiger partial charge on any atom is -0.350 e. The van der Waals surface area contributed by atoms with Gasteiger partial charge in [0, 0.05) is 24.8 Å². The van der Waals surface area contributed by atoms with Crippen LogP contribution in [0.3, 0.4) is 0 Å². The van der Waals surface area contributed by atoms with Crippen LogP contribution in [0.5, 0.6) is 0 Å². The molecule has 4 aromatic rings. The zero-order valence-electron chi connectivity index (χ0n) is 23.7. The Morgan fingerprint density at radius 3 is 1.81 bits per heavy atom. The first kappa shape index (κ1) is 32.0. The molecule has 1 saturated heterocycles. The number of hydrogen-bond acceptors (Lipinski definition) is 6. The number of hydrogen-bond donors (Lipinski definition) is 1. The molecule has 1 N–H and O–H groups in total. The number of rotatable bonds is 8. The van der Waals surface area contributed by atoms with E-state index >= 15 is 0 Å². The van der Waals surface area contributed by atoms with E-state index in [1.165, 1.54) is 10.8 Å². The van der Waals surface area contributed by atoms with Crippen molar-refractivity contribution in [3.63, 3.8) is 0 Å². The van der Waals surface area contributed by atoms with Gasteiger partial charge in [-0.25, -0.2) is 4.79 Å². The summed E-state index contributed by atoms with van der Waals surface area (Å²) in [5.74, 6) is 0. The number of aryl methyl sites for hydroxylation is 1. The summed E-state index contributed by atoms with van der Waals surface area (Å²) >= 11 is 11.4. The van der Waals surface area contributed by atoms with Crippen LogP contribution < -0.4 is 11.2 Å². The molecule has 1 fully saturated rings. The SMILES string of the molecule is CC.Cc1cn(C2CN(C(c3ccccc3)(c3ccccc3)c3ccccc3)CC(COP(=O)(Cl)Cl)O2)c(=O)[nH]c1=O. The standard InChI is InChI=1S/C29H28Cl2N3O5P.C2H6/c1-21-17-34(28(36)32-27(21)35)26-19-33(18-25(39-26)20-38-40(30,31)37)29(22-11-5-2-6-12-22,23-13-7-3-8-14-23)24-15-9-4-10-16-24;1-2/h2-17,25-26H,18-20H2,1H3,(H,32,35,36);1-2H3. The number of nitrogens with zero attached hydrogens (tertiary/aromatic N) is 2. The number of aromatic amines is 1. The molecule has 1 aliphatic heterocycles. The predicted octanol–water partition coefficient (Wildman–Crippen LogP) is 6.67. The summed E-state index contributed by atoms with van der Waals surface area (Å²) in [7, 11) is 0. The highest BCUT2D eigenvalue weighted by Crippen LogP contribution is 2.57. The van der Waals surface area contributed by atoms with Gasteiger partial charge in [0.15, 0.2) is 6.23 Å². The van der Waals surface area contributed by atoms with Crippen molar-refractivity contribution in [2.45, 2.75) is 38.6 Å². The first-order valence-electron chi connectivity index (χ1n) is 13.7. The van der Waals surface area contributed by atoms with E-state index in [1.807, 2.05) is 68.4 Å². The van der Waals surface area contributed by atoms with Crippen LogP contribution in [0.2, 0.25) is 0 Å². The lowest BCUT2D eigenvalue weighted by atomic mass is 9.75. The van der Waals surface area contributed by atoms with Gasteiger partial charge in [0.05, 0.1) is 18.2 Å². The van der Waals surface area contributed by atoms with E-state index in [9.17, 15) is 14.2 Å². The Labute approximate surface area is 254 Å². The van der Waals surface area contributed by atoms with Crippen molar-refractivity contribution in [3.8, 4) is 0 Å². The third-order valence-corrected chi connectivity index (χ3v) is 8.10. The largest absolute Gasteiger partial charge is 0.380 e. The molecule has 0 amide bonds. The van der Waals surface area contributed by atoms with Crippen molar-refractivity contribution >= 4 is 28.6 Å². The summed E-state index contributed by atoms with van der Waals surface area (Å²) in [6.45, 7) is 6.03. The van der Waals surface area contributed by atoms with Gasteiger partial charge in [0.2, 0.25) is 0 Å². The summed E-state index contributed by atoms with van der Waals surface area (Å²) in [5.41, 5.74) is 1.46. The average molecular weight is 631 g/mol. The minimum absolute atomic E-state index is 0.178. The number of morpholine rings is 1. The van der Waals surface area contributed by atoms with E-state index in [0.29, 0.717) is 12.1 Å². The molecule has 5 rings (SSSR count). The Kier molecular flexibility index (Phi) is 10.7.